The molecular formula is C22H25NO6S. The van der Waals surface area contributed by atoms with E-state index in [9.17, 15) is 18.0 Å². The van der Waals surface area contributed by atoms with Gasteiger partial charge in [-0.1, -0.05) is 43.7 Å². The number of morpholine rings is 1. The molecule has 3 rings (SSSR count). The van der Waals surface area contributed by atoms with E-state index in [1.165, 1.54) is 28.6 Å². The summed E-state index contributed by atoms with van der Waals surface area (Å²) in [5, 5.41) is 0. The number of carbonyl (C=O) groups is 2. The van der Waals surface area contributed by atoms with Crippen LogP contribution < -0.4 is 0 Å². The lowest BCUT2D eigenvalue weighted by atomic mass is 10.1. The number of Topliss-reactive ketones (excluding diaryl/α,β-unsaturated/α-hetero) is 1. The number of nitrogens with zero attached hydrogens (tertiary/aromatic N) is 1. The normalized spacial score (nSPS) is 15.0. The lowest BCUT2D eigenvalue weighted by molar-refractivity contribution is 0.0474. The molecular weight excluding hydrogens is 406 g/mol. The van der Waals surface area contributed by atoms with Crippen molar-refractivity contribution in [2.45, 2.75) is 24.7 Å². The van der Waals surface area contributed by atoms with Crippen molar-refractivity contribution >= 4 is 21.8 Å². The van der Waals surface area contributed by atoms with E-state index in [1.54, 1.807) is 12.1 Å². The topological polar surface area (TPSA) is 90.0 Å². The van der Waals surface area contributed by atoms with Crippen LogP contribution in [0, 0.1) is 0 Å². The van der Waals surface area contributed by atoms with Crippen molar-refractivity contribution < 1.29 is 27.5 Å². The van der Waals surface area contributed by atoms with Gasteiger partial charge in [0.25, 0.3) is 0 Å². The summed E-state index contributed by atoms with van der Waals surface area (Å²) >= 11 is 0. The van der Waals surface area contributed by atoms with Crippen LogP contribution in [0.5, 0.6) is 0 Å². The van der Waals surface area contributed by atoms with Gasteiger partial charge in [0.15, 0.2) is 12.4 Å². The molecule has 0 spiro atoms. The second-order valence-electron chi connectivity index (χ2n) is 6.99. The lowest BCUT2D eigenvalue weighted by Crippen LogP contribution is -2.40. The van der Waals surface area contributed by atoms with E-state index in [0.717, 1.165) is 18.4 Å². The molecule has 0 aliphatic carbocycles. The highest BCUT2D eigenvalue weighted by atomic mass is 32.2. The molecule has 8 heteroatoms. The standard InChI is InChI=1S/C22H25NO6S/c1-2-4-17-7-9-18(10-8-17)21(24)16-29-22(25)19-5-3-6-20(15-19)30(26,27)23-11-13-28-14-12-23/h3,5-10,15H,2,4,11-14,16H2,1H3. The first-order valence-electron chi connectivity index (χ1n) is 9.89. The smallest absolute Gasteiger partial charge is 0.338 e. The predicted octanol–water partition coefficient (Wildman–Crippen LogP) is 2.70. The van der Waals surface area contributed by atoms with Crippen LogP contribution in [-0.4, -0.2) is 57.4 Å². The van der Waals surface area contributed by atoms with Gasteiger partial charge in [-0.3, -0.25) is 4.79 Å². The van der Waals surface area contributed by atoms with Crippen LogP contribution in [0.4, 0.5) is 0 Å². The van der Waals surface area contributed by atoms with E-state index in [-0.39, 0.29) is 29.3 Å². The van der Waals surface area contributed by atoms with Crippen molar-refractivity contribution in [3.8, 4) is 0 Å². The van der Waals surface area contributed by atoms with Gasteiger partial charge >= 0.3 is 5.97 Å². The number of ketones is 1. The van der Waals surface area contributed by atoms with Crippen molar-refractivity contribution in [1.29, 1.82) is 0 Å². The number of rotatable bonds is 8. The molecule has 160 valence electrons. The summed E-state index contributed by atoms with van der Waals surface area (Å²) in [7, 11) is -3.72. The van der Waals surface area contributed by atoms with Gasteiger partial charge in [-0.05, 0) is 30.2 Å². The molecule has 0 atom stereocenters. The molecule has 30 heavy (non-hydrogen) atoms. The van der Waals surface area contributed by atoms with Crippen LogP contribution in [-0.2, 0) is 25.9 Å². The van der Waals surface area contributed by atoms with Crippen LogP contribution in [0.2, 0.25) is 0 Å². The Labute approximate surface area is 176 Å². The summed E-state index contributed by atoms with van der Waals surface area (Å²) < 4.78 is 37.1. The van der Waals surface area contributed by atoms with Gasteiger partial charge in [-0.15, -0.1) is 0 Å². The summed E-state index contributed by atoms with van der Waals surface area (Å²) in [6.45, 7) is 2.88. The fourth-order valence-corrected chi connectivity index (χ4v) is 4.62. The molecule has 2 aromatic rings. The average Bonchev–Trinajstić information content (AvgIpc) is 2.78. The fraction of sp³-hybridized carbons (Fsp3) is 0.364. The van der Waals surface area contributed by atoms with E-state index < -0.39 is 22.6 Å². The zero-order valence-corrected chi connectivity index (χ0v) is 17.7. The Kier molecular flexibility index (Phi) is 7.36. The second-order valence-corrected chi connectivity index (χ2v) is 8.93. The summed E-state index contributed by atoms with van der Waals surface area (Å²) in [5.74, 6) is -1.06. The minimum Gasteiger partial charge on any atom is -0.454 e. The largest absolute Gasteiger partial charge is 0.454 e. The van der Waals surface area contributed by atoms with Crippen LogP contribution in [0.3, 0.4) is 0 Å². The maximum absolute atomic E-state index is 12.8. The molecule has 1 aliphatic rings. The van der Waals surface area contributed by atoms with Crippen molar-refractivity contribution in [2.24, 2.45) is 0 Å². The highest BCUT2D eigenvalue weighted by Crippen LogP contribution is 2.19. The molecule has 0 aromatic heterocycles. The van der Waals surface area contributed by atoms with Crippen LogP contribution >= 0.6 is 0 Å². The SMILES string of the molecule is CCCc1ccc(C(=O)COC(=O)c2cccc(S(=O)(=O)N3CCOCC3)c2)cc1. The van der Waals surface area contributed by atoms with Crippen LogP contribution in [0.15, 0.2) is 53.4 Å². The monoisotopic (exact) mass is 431 g/mol. The fourth-order valence-electron chi connectivity index (χ4n) is 3.16. The van der Waals surface area contributed by atoms with E-state index in [1.807, 2.05) is 12.1 Å². The first-order chi connectivity index (χ1) is 14.4. The highest BCUT2D eigenvalue weighted by molar-refractivity contribution is 7.89. The van der Waals surface area contributed by atoms with Crippen molar-refractivity contribution in [3.05, 3.63) is 65.2 Å². The van der Waals surface area contributed by atoms with E-state index in [0.29, 0.717) is 18.8 Å². The van der Waals surface area contributed by atoms with Crippen LogP contribution in [0.1, 0.15) is 39.6 Å². The van der Waals surface area contributed by atoms with Gasteiger partial charge in [-0.2, -0.15) is 4.31 Å². The Bertz CT molecular complexity index is 995. The molecule has 1 aliphatic heterocycles. The number of hydrogen-bond acceptors (Lipinski definition) is 6. The summed E-state index contributed by atoms with van der Waals surface area (Å²) in [4.78, 5) is 24.7. The van der Waals surface area contributed by atoms with Gasteiger partial charge in [0.2, 0.25) is 10.0 Å². The minimum atomic E-state index is -3.72. The number of benzene rings is 2. The Balaban J connectivity index is 1.64. The molecule has 0 bridgehead atoms. The predicted molar refractivity (Wildman–Crippen MR) is 111 cm³/mol. The van der Waals surface area contributed by atoms with Crippen LogP contribution in [0.25, 0.3) is 0 Å². The Morgan fingerprint density at radius 3 is 2.40 bits per heavy atom. The molecule has 1 heterocycles. The first kappa shape index (κ1) is 22.1. The Morgan fingerprint density at radius 2 is 1.73 bits per heavy atom. The van der Waals surface area contributed by atoms with Gasteiger partial charge in [-0.25, -0.2) is 13.2 Å². The molecule has 0 radical (unpaired) electrons. The Morgan fingerprint density at radius 1 is 1.03 bits per heavy atom. The second kappa shape index (κ2) is 9.97. The van der Waals surface area contributed by atoms with Crippen molar-refractivity contribution in [2.75, 3.05) is 32.9 Å². The first-order valence-corrected chi connectivity index (χ1v) is 11.3. The highest BCUT2D eigenvalue weighted by Gasteiger charge is 2.27. The number of carbonyl (C=O) groups excluding carboxylic acids is 2. The Hall–Kier alpha value is -2.55. The van der Waals surface area contributed by atoms with Gasteiger partial charge < -0.3 is 9.47 Å². The molecule has 2 aromatic carbocycles. The van der Waals surface area contributed by atoms with Crippen molar-refractivity contribution in [3.63, 3.8) is 0 Å². The molecule has 1 fully saturated rings. The van der Waals surface area contributed by atoms with Crippen molar-refractivity contribution in [1.82, 2.24) is 4.31 Å². The van der Waals surface area contributed by atoms with Gasteiger partial charge in [0, 0.05) is 18.7 Å². The third-order valence-electron chi connectivity index (χ3n) is 4.83. The number of sulfonamides is 1. The quantitative estimate of drug-likeness (QED) is 0.472. The summed E-state index contributed by atoms with van der Waals surface area (Å²) in [5.41, 5.74) is 1.69. The van der Waals surface area contributed by atoms with E-state index in [2.05, 4.69) is 6.92 Å². The third-order valence-corrected chi connectivity index (χ3v) is 6.72. The number of esters is 1. The third kappa shape index (κ3) is 5.33. The summed E-state index contributed by atoms with van der Waals surface area (Å²) in [6.07, 6.45) is 1.96. The number of hydrogen-bond donors (Lipinski definition) is 0. The molecule has 1 saturated heterocycles. The molecule has 0 N–H and O–H groups in total. The number of ether oxygens (including phenoxy) is 2. The molecule has 7 nitrogen and oxygen atoms in total. The maximum atomic E-state index is 12.8. The molecule has 0 saturated carbocycles. The lowest BCUT2D eigenvalue weighted by Gasteiger charge is -2.26. The van der Waals surface area contributed by atoms with E-state index >= 15 is 0 Å². The van der Waals surface area contributed by atoms with Gasteiger partial charge in [0.05, 0.1) is 23.7 Å². The van der Waals surface area contributed by atoms with Gasteiger partial charge in [0.1, 0.15) is 0 Å². The maximum Gasteiger partial charge on any atom is 0.338 e. The zero-order valence-electron chi connectivity index (χ0n) is 16.9. The average molecular weight is 432 g/mol. The van der Waals surface area contributed by atoms with E-state index in [4.69, 9.17) is 9.47 Å². The number of aryl methyl sites for hydroxylation is 1. The minimum absolute atomic E-state index is 0.0108. The summed E-state index contributed by atoms with van der Waals surface area (Å²) in [6, 6.07) is 12.9. The zero-order chi connectivity index (χ0) is 21.6. The molecule has 0 amide bonds. The molecule has 0 unspecified atom stereocenters.